The zero-order valence-electron chi connectivity index (χ0n) is 26.4. The molecule has 1 aliphatic heterocycles. The van der Waals surface area contributed by atoms with Gasteiger partial charge in [-0.3, -0.25) is 15.1 Å². The quantitative estimate of drug-likeness (QED) is 0.110. The summed E-state index contributed by atoms with van der Waals surface area (Å²) < 4.78 is 12.6. The first kappa shape index (κ1) is 32.8. The van der Waals surface area contributed by atoms with Crippen LogP contribution in [0.1, 0.15) is 49.7 Å². The number of nitrogens with zero attached hydrogens (tertiary/aromatic N) is 4. The van der Waals surface area contributed by atoms with E-state index in [1.165, 1.54) is 7.11 Å². The molecule has 5 N–H and O–H groups in total. The number of rotatable bonds is 14. The number of nitrogen functional groups attached to an aromatic ring is 1. The first-order valence-electron chi connectivity index (χ1n) is 15.8. The lowest BCUT2D eigenvalue weighted by atomic mass is 10.1. The lowest BCUT2D eigenvalue weighted by molar-refractivity contribution is 0.0369. The molecule has 0 saturated carbocycles. The van der Waals surface area contributed by atoms with E-state index >= 15 is 0 Å². The molecule has 11 nitrogen and oxygen atoms in total. The number of amidine groups is 1. The van der Waals surface area contributed by atoms with Crippen molar-refractivity contribution in [1.29, 1.82) is 5.41 Å². The summed E-state index contributed by atoms with van der Waals surface area (Å²) in [5.41, 5.74) is 17.1. The third-order valence-corrected chi connectivity index (χ3v) is 8.37. The van der Waals surface area contributed by atoms with E-state index in [9.17, 15) is 9.59 Å². The molecule has 0 spiro atoms. The molecule has 242 valence electrons. The van der Waals surface area contributed by atoms with Crippen molar-refractivity contribution in [1.82, 2.24) is 19.4 Å². The highest BCUT2D eigenvalue weighted by molar-refractivity contribution is 5.97. The number of hydrogen-bond donors (Lipinski definition) is 3. The number of imidazole rings is 1. The highest BCUT2D eigenvalue weighted by Crippen LogP contribution is 2.22. The van der Waals surface area contributed by atoms with Crippen molar-refractivity contribution >= 4 is 28.7 Å². The SMILES string of the molecule is COC(=O)c1ccc(CN(CCN)C(=O)c2ccc3c(c2)nc(CCc2ccc(C(=N)N)cc2)n3CCCN2CCOCC2)cc1. The monoisotopic (exact) mass is 625 g/mol. The Hall–Kier alpha value is -4.58. The van der Waals surface area contributed by atoms with Gasteiger partial charge in [-0.15, -0.1) is 0 Å². The van der Waals surface area contributed by atoms with Gasteiger partial charge < -0.3 is 30.4 Å². The van der Waals surface area contributed by atoms with Crippen LogP contribution >= 0.6 is 0 Å². The lowest BCUT2D eigenvalue weighted by Crippen LogP contribution is -2.37. The van der Waals surface area contributed by atoms with Crippen LogP contribution in [0.4, 0.5) is 0 Å². The predicted molar refractivity (Wildman–Crippen MR) is 178 cm³/mol. The largest absolute Gasteiger partial charge is 0.465 e. The third kappa shape index (κ3) is 8.16. The maximum Gasteiger partial charge on any atom is 0.337 e. The second-order valence-corrected chi connectivity index (χ2v) is 11.5. The Kier molecular flexibility index (Phi) is 11.1. The van der Waals surface area contributed by atoms with Crippen LogP contribution in [0.2, 0.25) is 0 Å². The van der Waals surface area contributed by atoms with Gasteiger partial charge >= 0.3 is 5.97 Å². The van der Waals surface area contributed by atoms with E-state index in [0.717, 1.165) is 86.6 Å². The minimum atomic E-state index is -0.402. The highest BCUT2D eigenvalue weighted by Gasteiger charge is 2.19. The lowest BCUT2D eigenvalue weighted by Gasteiger charge is -2.26. The van der Waals surface area contributed by atoms with Crippen molar-refractivity contribution in [3.8, 4) is 0 Å². The molecular formula is C35H43N7O4. The van der Waals surface area contributed by atoms with Crippen LogP contribution in [0.25, 0.3) is 11.0 Å². The molecule has 5 rings (SSSR count). The summed E-state index contributed by atoms with van der Waals surface area (Å²) in [6.45, 7) is 6.34. The minimum absolute atomic E-state index is 0.0560. The fraction of sp³-hybridized carbons (Fsp3) is 0.371. The van der Waals surface area contributed by atoms with Gasteiger partial charge in [-0.2, -0.15) is 0 Å². The van der Waals surface area contributed by atoms with Gasteiger partial charge in [-0.1, -0.05) is 36.4 Å². The summed E-state index contributed by atoms with van der Waals surface area (Å²) in [5, 5.41) is 7.66. The maximum atomic E-state index is 13.8. The van der Waals surface area contributed by atoms with Crippen LogP contribution < -0.4 is 11.5 Å². The Labute approximate surface area is 269 Å². The first-order valence-corrected chi connectivity index (χ1v) is 15.8. The van der Waals surface area contributed by atoms with Gasteiger partial charge in [0.1, 0.15) is 11.7 Å². The number of fused-ring (bicyclic) bond motifs is 1. The summed E-state index contributed by atoms with van der Waals surface area (Å²) in [6.07, 6.45) is 2.50. The van der Waals surface area contributed by atoms with Crippen molar-refractivity contribution < 1.29 is 19.1 Å². The molecule has 3 aromatic carbocycles. The maximum absolute atomic E-state index is 13.8. The fourth-order valence-corrected chi connectivity index (χ4v) is 5.81. The number of nitrogens with one attached hydrogen (secondary N) is 1. The molecule has 2 heterocycles. The molecular weight excluding hydrogens is 582 g/mol. The normalized spacial score (nSPS) is 13.5. The number of benzene rings is 3. The summed E-state index contributed by atoms with van der Waals surface area (Å²) in [5.74, 6) is 0.501. The zero-order chi connectivity index (χ0) is 32.5. The summed E-state index contributed by atoms with van der Waals surface area (Å²) in [7, 11) is 1.35. The molecule has 0 atom stereocenters. The highest BCUT2D eigenvalue weighted by atomic mass is 16.5. The number of hydrogen-bond acceptors (Lipinski definition) is 8. The number of nitrogens with two attached hydrogens (primary N) is 2. The Bertz CT molecular complexity index is 1640. The van der Waals surface area contributed by atoms with Gasteiger partial charge in [0.15, 0.2) is 0 Å². The average molecular weight is 626 g/mol. The number of aromatic nitrogens is 2. The molecule has 1 amide bonds. The molecule has 4 aromatic rings. The van der Waals surface area contributed by atoms with Crippen LogP contribution in [0.15, 0.2) is 66.7 Å². The summed E-state index contributed by atoms with van der Waals surface area (Å²) >= 11 is 0. The number of esters is 1. The van der Waals surface area contributed by atoms with Crippen LogP contribution in [-0.2, 0) is 35.4 Å². The van der Waals surface area contributed by atoms with Gasteiger partial charge in [0.05, 0.1) is 36.9 Å². The summed E-state index contributed by atoms with van der Waals surface area (Å²) in [4.78, 5) is 34.8. The topological polar surface area (TPSA) is 153 Å². The molecule has 1 aromatic heterocycles. The second-order valence-electron chi connectivity index (χ2n) is 11.5. The standard InChI is InChI=1S/C35H43N7O4/c1-45-35(44)28-10-5-26(6-11-28)24-41(18-15-36)34(43)29-12-13-31-30(23-29)39-32(14-7-25-3-8-27(9-4-25)33(37)38)42(31)17-2-16-40-19-21-46-22-20-40/h3-6,8-13,23H,2,7,14-22,24,36H2,1H3,(H3,37,38). The van der Waals surface area contributed by atoms with Crippen LogP contribution in [0.5, 0.6) is 0 Å². The molecule has 11 heteroatoms. The smallest absolute Gasteiger partial charge is 0.337 e. The van der Waals surface area contributed by atoms with Crippen LogP contribution in [-0.4, -0.2) is 90.1 Å². The molecule has 1 fully saturated rings. The summed E-state index contributed by atoms with van der Waals surface area (Å²) in [6, 6.07) is 20.6. The second kappa shape index (κ2) is 15.6. The number of amides is 1. The van der Waals surface area contributed by atoms with Gasteiger partial charge in [-0.25, -0.2) is 9.78 Å². The van der Waals surface area contributed by atoms with Gasteiger partial charge in [0, 0.05) is 63.4 Å². The molecule has 1 aliphatic rings. The molecule has 0 bridgehead atoms. The molecule has 1 saturated heterocycles. The number of morpholine rings is 1. The van der Waals surface area contributed by atoms with E-state index in [1.54, 1.807) is 17.0 Å². The Morgan fingerprint density at radius 2 is 1.61 bits per heavy atom. The van der Waals surface area contributed by atoms with E-state index in [0.29, 0.717) is 36.3 Å². The molecule has 0 unspecified atom stereocenters. The van der Waals surface area contributed by atoms with E-state index in [2.05, 4.69) is 9.47 Å². The number of aryl methyl sites for hydroxylation is 3. The average Bonchev–Trinajstić information content (AvgIpc) is 3.43. The van der Waals surface area contributed by atoms with Gasteiger partial charge in [0.25, 0.3) is 5.91 Å². The van der Waals surface area contributed by atoms with Crippen molar-refractivity contribution in [2.45, 2.75) is 32.4 Å². The van der Waals surface area contributed by atoms with E-state index < -0.39 is 5.97 Å². The Morgan fingerprint density at radius 3 is 2.28 bits per heavy atom. The van der Waals surface area contributed by atoms with E-state index in [4.69, 9.17) is 31.3 Å². The molecule has 0 aliphatic carbocycles. The Morgan fingerprint density at radius 1 is 0.935 bits per heavy atom. The van der Waals surface area contributed by atoms with Gasteiger partial charge in [0.2, 0.25) is 0 Å². The fourth-order valence-electron chi connectivity index (χ4n) is 5.81. The minimum Gasteiger partial charge on any atom is -0.465 e. The number of carbonyl (C=O) groups excluding carboxylic acids is 2. The predicted octanol–water partition coefficient (Wildman–Crippen LogP) is 3.22. The third-order valence-electron chi connectivity index (χ3n) is 8.37. The van der Waals surface area contributed by atoms with Crippen LogP contribution in [0, 0.1) is 5.41 Å². The first-order chi connectivity index (χ1) is 22.4. The van der Waals surface area contributed by atoms with Gasteiger partial charge in [-0.05, 0) is 54.3 Å². The Balaban J connectivity index is 1.36. The van der Waals surface area contributed by atoms with Crippen molar-refractivity contribution in [3.63, 3.8) is 0 Å². The number of ether oxygens (including phenoxy) is 2. The zero-order valence-corrected chi connectivity index (χ0v) is 26.4. The van der Waals surface area contributed by atoms with Crippen molar-refractivity contribution in [3.05, 3.63) is 100 Å². The molecule has 0 radical (unpaired) electrons. The van der Waals surface area contributed by atoms with Crippen LogP contribution in [0.3, 0.4) is 0 Å². The van der Waals surface area contributed by atoms with E-state index in [1.807, 2.05) is 54.6 Å². The van der Waals surface area contributed by atoms with Crippen molar-refractivity contribution in [2.75, 3.05) is 53.0 Å². The van der Waals surface area contributed by atoms with Crippen molar-refractivity contribution in [2.24, 2.45) is 11.5 Å². The number of carbonyl (C=O) groups is 2. The molecule has 46 heavy (non-hydrogen) atoms. The van der Waals surface area contributed by atoms with E-state index in [-0.39, 0.29) is 11.7 Å². The number of methoxy groups -OCH3 is 1.